The highest BCUT2D eigenvalue weighted by Crippen LogP contribution is 2.35. The smallest absolute Gasteiger partial charge is 0.119 e. The van der Waals surface area contributed by atoms with Crippen LogP contribution in [0.4, 0.5) is 0 Å². The molecule has 1 saturated carbocycles. The molecule has 0 spiro atoms. The van der Waals surface area contributed by atoms with Crippen LogP contribution in [0.1, 0.15) is 31.2 Å². The summed E-state index contributed by atoms with van der Waals surface area (Å²) in [6.07, 6.45) is 4.81. The summed E-state index contributed by atoms with van der Waals surface area (Å²) in [6, 6.07) is 5.90. The van der Waals surface area contributed by atoms with Crippen molar-refractivity contribution in [3.05, 3.63) is 28.2 Å². The van der Waals surface area contributed by atoms with Gasteiger partial charge in [-0.15, -0.1) is 0 Å². The van der Waals surface area contributed by atoms with Crippen LogP contribution in [0.2, 0.25) is 0 Å². The monoisotopic (exact) mass is 284 g/mol. The van der Waals surface area contributed by atoms with Crippen LogP contribution in [-0.4, -0.2) is 17.8 Å². The molecule has 88 valence electrons. The quantitative estimate of drug-likeness (QED) is 0.923. The van der Waals surface area contributed by atoms with Gasteiger partial charge in [0.15, 0.2) is 0 Å². The van der Waals surface area contributed by atoms with Crippen molar-refractivity contribution in [2.45, 2.75) is 37.7 Å². The summed E-state index contributed by atoms with van der Waals surface area (Å²) in [5, 5.41) is 10.4. The first-order valence-corrected chi connectivity index (χ1v) is 6.47. The minimum atomic E-state index is -0.505. The van der Waals surface area contributed by atoms with E-state index < -0.39 is 5.60 Å². The van der Waals surface area contributed by atoms with Crippen LogP contribution < -0.4 is 4.74 Å². The van der Waals surface area contributed by atoms with Crippen LogP contribution in [0.3, 0.4) is 0 Å². The summed E-state index contributed by atoms with van der Waals surface area (Å²) < 4.78 is 6.25. The third-order valence-electron chi connectivity index (χ3n) is 3.31. The predicted molar refractivity (Wildman–Crippen MR) is 67.8 cm³/mol. The normalized spacial score (nSPS) is 18.7. The molecule has 2 nitrogen and oxygen atoms in total. The molecule has 0 bridgehead atoms. The minimum absolute atomic E-state index is 0.505. The summed E-state index contributed by atoms with van der Waals surface area (Å²) in [5.41, 5.74) is 0.623. The van der Waals surface area contributed by atoms with Gasteiger partial charge in [-0.3, -0.25) is 0 Å². The first kappa shape index (κ1) is 11.9. The van der Waals surface area contributed by atoms with Gasteiger partial charge in [0.1, 0.15) is 5.75 Å². The number of methoxy groups -OCH3 is 1. The predicted octanol–water partition coefficient (Wildman–Crippen LogP) is 3.31. The van der Waals surface area contributed by atoms with Crippen molar-refractivity contribution in [3.8, 4) is 5.75 Å². The highest BCUT2D eigenvalue weighted by molar-refractivity contribution is 9.10. The Hall–Kier alpha value is -0.540. The third-order valence-corrected chi connectivity index (χ3v) is 4.08. The molecular weight excluding hydrogens is 268 g/mol. The Kier molecular flexibility index (Phi) is 3.55. The molecule has 0 heterocycles. The van der Waals surface area contributed by atoms with Crippen molar-refractivity contribution in [2.75, 3.05) is 7.11 Å². The summed E-state index contributed by atoms with van der Waals surface area (Å²) in [5.74, 6) is 0.847. The second-order valence-corrected chi connectivity index (χ2v) is 5.42. The molecule has 0 radical (unpaired) electrons. The number of rotatable bonds is 3. The fraction of sp³-hybridized carbons (Fsp3) is 0.538. The molecule has 0 aliphatic heterocycles. The zero-order valence-corrected chi connectivity index (χ0v) is 11.1. The molecule has 0 aromatic heterocycles. The van der Waals surface area contributed by atoms with Gasteiger partial charge >= 0.3 is 0 Å². The Labute approximate surface area is 105 Å². The van der Waals surface area contributed by atoms with Gasteiger partial charge in [-0.25, -0.2) is 0 Å². The van der Waals surface area contributed by atoms with Crippen LogP contribution in [0.5, 0.6) is 5.75 Å². The first-order chi connectivity index (χ1) is 7.63. The molecule has 0 saturated heterocycles. The van der Waals surface area contributed by atoms with Crippen molar-refractivity contribution in [2.24, 2.45) is 0 Å². The van der Waals surface area contributed by atoms with Crippen molar-refractivity contribution in [1.29, 1.82) is 0 Å². The van der Waals surface area contributed by atoms with E-state index in [9.17, 15) is 5.11 Å². The topological polar surface area (TPSA) is 29.5 Å². The van der Waals surface area contributed by atoms with E-state index >= 15 is 0 Å². The third kappa shape index (κ3) is 2.58. The summed E-state index contributed by atoms with van der Waals surface area (Å²) in [6.45, 7) is 0. The zero-order valence-electron chi connectivity index (χ0n) is 9.50. The molecule has 1 fully saturated rings. The molecule has 2 rings (SSSR count). The Morgan fingerprint density at radius 1 is 1.38 bits per heavy atom. The van der Waals surface area contributed by atoms with E-state index in [2.05, 4.69) is 15.9 Å². The van der Waals surface area contributed by atoms with E-state index in [0.717, 1.165) is 41.5 Å². The van der Waals surface area contributed by atoms with Gasteiger partial charge in [0.05, 0.1) is 12.7 Å². The number of benzene rings is 1. The summed E-state index contributed by atoms with van der Waals surface area (Å²) in [4.78, 5) is 0. The molecule has 1 aliphatic rings. The van der Waals surface area contributed by atoms with Crippen LogP contribution in [0, 0.1) is 0 Å². The molecule has 1 aromatic carbocycles. The van der Waals surface area contributed by atoms with Crippen LogP contribution >= 0.6 is 15.9 Å². The van der Waals surface area contributed by atoms with E-state index in [0.29, 0.717) is 6.42 Å². The van der Waals surface area contributed by atoms with Crippen molar-refractivity contribution < 1.29 is 9.84 Å². The SMILES string of the molecule is COc1ccc(Br)c(CC2(O)CCCC2)c1. The largest absolute Gasteiger partial charge is 0.497 e. The Morgan fingerprint density at radius 3 is 2.69 bits per heavy atom. The Morgan fingerprint density at radius 2 is 2.06 bits per heavy atom. The average Bonchev–Trinajstić information content (AvgIpc) is 2.68. The fourth-order valence-electron chi connectivity index (χ4n) is 2.38. The lowest BCUT2D eigenvalue weighted by Gasteiger charge is -2.23. The molecule has 3 heteroatoms. The highest BCUT2D eigenvalue weighted by atomic mass is 79.9. The molecule has 0 amide bonds. The zero-order chi connectivity index (χ0) is 11.6. The van der Waals surface area contributed by atoms with Crippen molar-refractivity contribution >= 4 is 15.9 Å². The lowest BCUT2D eigenvalue weighted by Crippen LogP contribution is -2.27. The minimum Gasteiger partial charge on any atom is -0.497 e. The van der Waals surface area contributed by atoms with Crippen LogP contribution in [-0.2, 0) is 6.42 Å². The highest BCUT2D eigenvalue weighted by Gasteiger charge is 2.31. The number of aliphatic hydroxyl groups is 1. The standard InChI is InChI=1S/C13H17BrO2/c1-16-11-4-5-12(14)10(8-11)9-13(15)6-2-3-7-13/h4-5,8,15H,2-3,6-7,9H2,1H3. The summed E-state index contributed by atoms with van der Waals surface area (Å²) in [7, 11) is 1.66. The van der Waals surface area contributed by atoms with Gasteiger partial charge < -0.3 is 9.84 Å². The number of hydrogen-bond acceptors (Lipinski definition) is 2. The maximum atomic E-state index is 10.4. The molecule has 1 aromatic rings. The Bertz CT molecular complexity index is 370. The molecule has 1 N–H and O–H groups in total. The van der Waals surface area contributed by atoms with E-state index in [1.807, 2.05) is 18.2 Å². The van der Waals surface area contributed by atoms with Crippen LogP contribution in [0.15, 0.2) is 22.7 Å². The van der Waals surface area contributed by atoms with Gasteiger partial charge in [-0.2, -0.15) is 0 Å². The first-order valence-electron chi connectivity index (χ1n) is 5.68. The van der Waals surface area contributed by atoms with Crippen molar-refractivity contribution in [1.82, 2.24) is 0 Å². The van der Waals surface area contributed by atoms with E-state index in [-0.39, 0.29) is 0 Å². The molecule has 1 aliphatic carbocycles. The molecular formula is C13H17BrO2. The summed E-state index contributed by atoms with van der Waals surface area (Å²) >= 11 is 3.52. The second-order valence-electron chi connectivity index (χ2n) is 4.57. The molecule has 0 atom stereocenters. The average molecular weight is 285 g/mol. The fourth-order valence-corrected chi connectivity index (χ4v) is 2.76. The van der Waals surface area contributed by atoms with Crippen LogP contribution in [0.25, 0.3) is 0 Å². The maximum Gasteiger partial charge on any atom is 0.119 e. The van der Waals surface area contributed by atoms with Gasteiger partial charge in [-0.05, 0) is 36.6 Å². The number of ether oxygens (including phenoxy) is 1. The lowest BCUT2D eigenvalue weighted by atomic mass is 9.93. The van der Waals surface area contributed by atoms with Crippen molar-refractivity contribution in [3.63, 3.8) is 0 Å². The van der Waals surface area contributed by atoms with Gasteiger partial charge in [0.2, 0.25) is 0 Å². The van der Waals surface area contributed by atoms with E-state index in [4.69, 9.17) is 4.74 Å². The number of halogens is 1. The van der Waals surface area contributed by atoms with Gasteiger partial charge in [-0.1, -0.05) is 28.8 Å². The van der Waals surface area contributed by atoms with E-state index in [1.54, 1.807) is 7.11 Å². The van der Waals surface area contributed by atoms with Gasteiger partial charge in [0, 0.05) is 10.9 Å². The van der Waals surface area contributed by atoms with E-state index in [1.165, 1.54) is 0 Å². The molecule has 16 heavy (non-hydrogen) atoms. The molecule has 0 unspecified atom stereocenters. The number of hydrogen-bond donors (Lipinski definition) is 1. The Balaban J connectivity index is 2.19. The maximum absolute atomic E-state index is 10.4. The van der Waals surface area contributed by atoms with Gasteiger partial charge in [0.25, 0.3) is 0 Å². The lowest BCUT2D eigenvalue weighted by molar-refractivity contribution is 0.0480. The second kappa shape index (κ2) is 4.76.